The third-order valence-electron chi connectivity index (χ3n) is 2.97. The van der Waals surface area contributed by atoms with E-state index in [0.29, 0.717) is 13.1 Å². The van der Waals surface area contributed by atoms with Crippen LogP contribution in [0.15, 0.2) is 18.2 Å². The Morgan fingerprint density at radius 3 is 3.00 bits per heavy atom. The molecule has 6 heteroatoms. The van der Waals surface area contributed by atoms with Crippen LogP contribution in [0.5, 0.6) is 5.75 Å². The molecule has 1 saturated heterocycles. The topological polar surface area (TPSA) is 41.6 Å². The first-order valence-electron chi connectivity index (χ1n) is 6.15. The normalized spacial score (nSPS) is 19.3. The highest BCUT2D eigenvalue weighted by Crippen LogP contribution is 2.17. The third kappa shape index (κ3) is 3.64. The number of nitrogens with one attached hydrogen (secondary N) is 1. The van der Waals surface area contributed by atoms with E-state index in [2.05, 4.69) is 5.32 Å². The summed E-state index contributed by atoms with van der Waals surface area (Å²) < 4.78 is 31.1. The van der Waals surface area contributed by atoms with Crippen LogP contribution in [0.4, 0.5) is 8.78 Å². The molecule has 1 aromatic rings. The van der Waals surface area contributed by atoms with E-state index >= 15 is 0 Å². The molecule has 1 N–H and O–H groups in total. The second-order valence-corrected chi connectivity index (χ2v) is 4.56. The van der Waals surface area contributed by atoms with Gasteiger partial charge in [0.05, 0.1) is 0 Å². The lowest BCUT2D eigenvalue weighted by Gasteiger charge is -2.31. The standard InChI is InChI=1S/C13H16F2N2O2/c1-9-7-17(5-4-16-9)13(18)8-19-12-3-2-10(14)6-11(12)15/h2-3,6,9,16H,4-5,7-8H2,1H3. The van der Waals surface area contributed by atoms with Crippen molar-refractivity contribution in [2.75, 3.05) is 26.2 Å². The van der Waals surface area contributed by atoms with Crippen LogP contribution in [0.25, 0.3) is 0 Å². The van der Waals surface area contributed by atoms with Gasteiger partial charge in [-0.3, -0.25) is 4.79 Å². The van der Waals surface area contributed by atoms with Crippen molar-refractivity contribution in [3.63, 3.8) is 0 Å². The Hall–Kier alpha value is -1.69. The molecule has 0 bridgehead atoms. The number of hydrogen-bond acceptors (Lipinski definition) is 3. The van der Waals surface area contributed by atoms with Crippen molar-refractivity contribution in [3.8, 4) is 5.75 Å². The summed E-state index contributed by atoms with van der Waals surface area (Å²) in [6.45, 7) is 3.69. The molecule has 19 heavy (non-hydrogen) atoms. The van der Waals surface area contributed by atoms with Crippen LogP contribution in [0.3, 0.4) is 0 Å². The van der Waals surface area contributed by atoms with Crippen molar-refractivity contribution in [1.82, 2.24) is 10.2 Å². The molecule has 1 heterocycles. The van der Waals surface area contributed by atoms with Gasteiger partial charge < -0.3 is 15.0 Å². The molecule has 1 unspecified atom stereocenters. The summed E-state index contributed by atoms with van der Waals surface area (Å²) in [6.07, 6.45) is 0. The van der Waals surface area contributed by atoms with E-state index in [1.54, 1.807) is 4.90 Å². The largest absolute Gasteiger partial charge is 0.481 e. The molecule has 0 aromatic heterocycles. The van der Waals surface area contributed by atoms with Crippen LogP contribution in [-0.2, 0) is 4.79 Å². The minimum Gasteiger partial charge on any atom is -0.481 e. The van der Waals surface area contributed by atoms with Gasteiger partial charge in [0.25, 0.3) is 5.91 Å². The van der Waals surface area contributed by atoms with Crippen molar-refractivity contribution in [2.45, 2.75) is 13.0 Å². The van der Waals surface area contributed by atoms with E-state index in [9.17, 15) is 13.6 Å². The Labute approximate surface area is 110 Å². The van der Waals surface area contributed by atoms with E-state index in [1.807, 2.05) is 6.92 Å². The number of carbonyl (C=O) groups is 1. The Bertz CT molecular complexity index is 468. The van der Waals surface area contributed by atoms with Crippen LogP contribution in [0, 0.1) is 11.6 Å². The lowest BCUT2D eigenvalue weighted by atomic mass is 10.2. The molecule has 0 saturated carbocycles. The molecular formula is C13H16F2N2O2. The number of piperazine rings is 1. The zero-order chi connectivity index (χ0) is 13.8. The minimum absolute atomic E-state index is 0.113. The third-order valence-corrected chi connectivity index (χ3v) is 2.97. The predicted molar refractivity (Wildman–Crippen MR) is 65.9 cm³/mol. The van der Waals surface area contributed by atoms with Crippen LogP contribution < -0.4 is 10.1 Å². The number of nitrogens with zero attached hydrogens (tertiary/aromatic N) is 1. The van der Waals surface area contributed by atoms with Crippen molar-refractivity contribution >= 4 is 5.91 Å². The minimum atomic E-state index is -0.804. The molecule has 2 rings (SSSR count). The number of hydrogen-bond donors (Lipinski definition) is 1. The number of amides is 1. The van der Waals surface area contributed by atoms with E-state index in [0.717, 1.165) is 18.7 Å². The fourth-order valence-corrected chi connectivity index (χ4v) is 1.98. The summed E-state index contributed by atoms with van der Waals surface area (Å²) in [5, 5.41) is 3.22. The summed E-state index contributed by atoms with van der Waals surface area (Å²) >= 11 is 0. The highest BCUT2D eigenvalue weighted by atomic mass is 19.1. The first-order chi connectivity index (χ1) is 9.06. The van der Waals surface area contributed by atoms with Crippen LogP contribution >= 0.6 is 0 Å². The van der Waals surface area contributed by atoms with Gasteiger partial charge in [0.15, 0.2) is 18.2 Å². The Morgan fingerprint density at radius 2 is 2.32 bits per heavy atom. The van der Waals surface area contributed by atoms with Gasteiger partial charge in [0, 0.05) is 31.7 Å². The second kappa shape index (κ2) is 5.97. The Morgan fingerprint density at radius 1 is 1.53 bits per heavy atom. The van der Waals surface area contributed by atoms with Gasteiger partial charge in [0.1, 0.15) is 5.82 Å². The lowest BCUT2D eigenvalue weighted by molar-refractivity contribution is -0.134. The van der Waals surface area contributed by atoms with Gasteiger partial charge in [0.2, 0.25) is 0 Å². The Balaban J connectivity index is 1.89. The molecule has 0 radical (unpaired) electrons. The lowest BCUT2D eigenvalue weighted by Crippen LogP contribution is -2.52. The van der Waals surface area contributed by atoms with Gasteiger partial charge in [-0.15, -0.1) is 0 Å². The summed E-state index contributed by atoms with van der Waals surface area (Å²) in [5.41, 5.74) is 0. The molecule has 1 aliphatic rings. The van der Waals surface area contributed by atoms with Gasteiger partial charge >= 0.3 is 0 Å². The molecule has 0 spiro atoms. The monoisotopic (exact) mass is 270 g/mol. The maximum absolute atomic E-state index is 13.3. The van der Waals surface area contributed by atoms with Gasteiger partial charge in [-0.25, -0.2) is 8.78 Å². The highest BCUT2D eigenvalue weighted by molar-refractivity contribution is 5.78. The first kappa shape index (κ1) is 13.7. The molecule has 1 aromatic carbocycles. The van der Waals surface area contributed by atoms with Crippen molar-refractivity contribution in [2.24, 2.45) is 0 Å². The number of benzene rings is 1. The summed E-state index contributed by atoms with van der Waals surface area (Å²) in [4.78, 5) is 13.5. The predicted octanol–water partition coefficient (Wildman–Crippen LogP) is 1.16. The first-order valence-corrected chi connectivity index (χ1v) is 6.15. The fraction of sp³-hybridized carbons (Fsp3) is 0.462. The van der Waals surface area contributed by atoms with Crippen LogP contribution in [0.2, 0.25) is 0 Å². The molecule has 4 nitrogen and oxygen atoms in total. The molecule has 1 aliphatic heterocycles. The number of carbonyl (C=O) groups excluding carboxylic acids is 1. The number of halogens is 2. The second-order valence-electron chi connectivity index (χ2n) is 4.56. The van der Waals surface area contributed by atoms with Crippen LogP contribution in [0.1, 0.15) is 6.92 Å². The van der Waals surface area contributed by atoms with Crippen molar-refractivity contribution in [3.05, 3.63) is 29.8 Å². The van der Waals surface area contributed by atoms with Gasteiger partial charge in [-0.2, -0.15) is 0 Å². The quantitative estimate of drug-likeness (QED) is 0.896. The SMILES string of the molecule is CC1CN(C(=O)COc2ccc(F)cc2F)CCN1. The highest BCUT2D eigenvalue weighted by Gasteiger charge is 2.21. The van der Waals surface area contributed by atoms with Gasteiger partial charge in [-0.1, -0.05) is 0 Å². The summed E-state index contributed by atoms with van der Waals surface area (Å²) in [5.74, 6) is -1.79. The van der Waals surface area contributed by atoms with E-state index in [4.69, 9.17) is 4.74 Å². The van der Waals surface area contributed by atoms with Crippen molar-refractivity contribution in [1.29, 1.82) is 0 Å². The number of rotatable bonds is 3. The zero-order valence-electron chi connectivity index (χ0n) is 10.7. The molecule has 1 amide bonds. The summed E-state index contributed by atoms with van der Waals surface area (Å²) in [7, 11) is 0. The van der Waals surface area contributed by atoms with E-state index in [-0.39, 0.29) is 24.3 Å². The molecule has 104 valence electrons. The average Bonchev–Trinajstić information content (AvgIpc) is 2.37. The smallest absolute Gasteiger partial charge is 0.260 e. The van der Waals surface area contributed by atoms with E-state index in [1.165, 1.54) is 6.07 Å². The zero-order valence-corrected chi connectivity index (χ0v) is 10.7. The summed E-state index contributed by atoms with van der Waals surface area (Å²) in [6, 6.07) is 3.24. The van der Waals surface area contributed by atoms with Gasteiger partial charge in [-0.05, 0) is 19.1 Å². The Kier molecular flexibility index (Phi) is 4.31. The maximum atomic E-state index is 13.3. The van der Waals surface area contributed by atoms with Crippen LogP contribution in [-0.4, -0.2) is 43.1 Å². The van der Waals surface area contributed by atoms with Crippen molar-refractivity contribution < 1.29 is 18.3 Å². The maximum Gasteiger partial charge on any atom is 0.260 e. The fourth-order valence-electron chi connectivity index (χ4n) is 1.98. The molecule has 1 atom stereocenters. The average molecular weight is 270 g/mol. The molecule has 1 fully saturated rings. The number of ether oxygens (including phenoxy) is 1. The van der Waals surface area contributed by atoms with E-state index < -0.39 is 11.6 Å². The molecule has 0 aliphatic carbocycles. The molecular weight excluding hydrogens is 254 g/mol.